The fourth-order valence-corrected chi connectivity index (χ4v) is 10.4. The number of carbonyl (C=O) groups is 3. The Balaban J connectivity index is 0.00000288. The summed E-state index contributed by atoms with van der Waals surface area (Å²) in [6.45, 7) is 6.23. The number of rotatable bonds is 9. The second kappa shape index (κ2) is 16.0. The van der Waals surface area contributed by atoms with E-state index in [9.17, 15) is 45.0 Å². The third-order valence-electron chi connectivity index (χ3n) is 12.9. The van der Waals surface area contributed by atoms with Crippen molar-refractivity contribution in [1.29, 1.82) is 0 Å². The van der Waals surface area contributed by atoms with Crippen LogP contribution in [-0.4, -0.2) is 87.7 Å². The van der Waals surface area contributed by atoms with E-state index in [1.807, 2.05) is 0 Å². The van der Waals surface area contributed by atoms with Crippen molar-refractivity contribution in [3.8, 4) is 0 Å². The molecule has 1 amide bonds. The minimum absolute atomic E-state index is 0. The van der Waals surface area contributed by atoms with Crippen LogP contribution in [0.3, 0.4) is 0 Å². The summed E-state index contributed by atoms with van der Waals surface area (Å²) in [7, 11) is 0. The van der Waals surface area contributed by atoms with Crippen molar-refractivity contribution < 1.29 is 114 Å². The number of aliphatic carboxylic acids is 2. The van der Waals surface area contributed by atoms with E-state index in [2.05, 4.69) is 26.1 Å². The molecular weight excluding hydrogens is 620 g/mol. The number of aliphatic hydroxyl groups is 4. The van der Waals surface area contributed by atoms with Crippen LogP contribution in [0, 0.1) is 46.3 Å². The van der Waals surface area contributed by atoms with Gasteiger partial charge >= 0.3 is 59.1 Å². The Kier molecular flexibility index (Phi) is 14.1. The number of hydrogen-bond donors (Lipinski definition) is 5. The molecule has 4 aliphatic carbocycles. The van der Waals surface area contributed by atoms with Crippen LogP contribution in [0.5, 0.6) is 0 Å². The standard InChI is InChI=1S/C32H51NO11.2Na/c1-15(4-9-23(35)33-14-24(36)37)19-7-8-20-18-6-5-16-12-17(10-11-31(16,2)21(18)13-22(34)32(19,20)3)43-30-27(40)25(38)26(39)28(44-30)29(41)42;;/h15-22,25-28,30,34,38-40H,4-14H2,1-3H3,(H,33,35)(H,36,37)(H,41,42);;/q;2*+1/p-2/t15-,16-,17-,18+,19-,20+,21+,22+,25?,26+,27-,28+,30-,31+,32-;;/m1../s1. The van der Waals surface area contributed by atoms with Crippen molar-refractivity contribution in [1.82, 2.24) is 5.32 Å². The van der Waals surface area contributed by atoms with Gasteiger partial charge in [-0.3, -0.25) is 4.79 Å². The summed E-state index contributed by atoms with van der Waals surface area (Å²) in [5.41, 5.74) is -0.262. The van der Waals surface area contributed by atoms with Crippen LogP contribution in [0.2, 0.25) is 0 Å². The van der Waals surface area contributed by atoms with Crippen molar-refractivity contribution >= 4 is 17.8 Å². The van der Waals surface area contributed by atoms with E-state index in [1.54, 1.807) is 0 Å². The van der Waals surface area contributed by atoms with Crippen molar-refractivity contribution in [2.75, 3.05) is 6.54 Å². The molecule has 5 aliphatic rings. The van der Waals surface area contributed by atoms with Crippen LogP contribution in [0.15, 0.2) is 0 Å². The van der Waals surface area contributed by atoms with Gasteiger partial charge in [-0.2, -0.15) is 0 Å². The number of ether oxygens (including phenoxy) is 2. The van der Waals surface area contributed by atoms with Crippen LogP contribution >= 0.6 is 0 Å². The van der Waals surface area contributed by atoms with Gasteiger partial charge in [-0.05, 0) is 104 Å². The number of carboxylic acid groups (broad SMARTS) is 2. The second-order valence-corrected chi connectivity index (χ2v) is 14.9. The minimum Gasteiger partial charge on any atom is -0.548 e. The van der Waals surface area contributed by atoms with Crippen molar-refractivity contribution in [2.45, 2.75) is 128 Å². The van der Waals surface area contributed by atoms with Gasteiger partial charge in [0.25, 0.3) is 0 Å². The average molecular weight is 670 g/mol. The van der Waals surface area contributed by atoms with Gasteiger partial charge in [-0.1, -0.05) is 20.8 Å². The van der Waals surface area contributed by atoms with Crippen molar-refractivity contribution in [3.05, 3.63) is 0 Å². The number of fused-ring (bicyclic) bond motifs is 5. The molecule has 0 spiro atoms. The van der Waals surface area contributed by atoms with Gasteiger partial charge in [0, 0.05) is 6.42 Å². The molecule has 5 rings (SSSR count). The Labute approximate surface area is 315 Å². The van der Waals surface area contributed by atoms with Gasteiger partial charge in [-0.25, -0.2) is 0 Å². The molecule has 0 radical (unpaired) electrons. The first-order valence-corrected chi connectivity index (χ1v) is 16.4. The summed E-state index contributed by atoms with van der Waals surface area (Å²) < 4.78 is 11.4. The predicted molar refractivity (Wildman–Crippen MR) is 150 cm³/mol. The van der Waals surface area contributed by atoms with E-state index in [0.29, 0.717) is 49.4 Å². The molecule has 250 valence electrons. The van der Waals surface area contributed by atoms with Crippen LogP contribution in [-0.2, 0) is 23.9 Å². The van der Waals surface area contributed by atoms with E-state index in [4.69, 9.17) is 9.47 Å². The summed E-state index contributed by atoms with van der Waals surface area (Å²) in [5, 5.41) is 66.9. The number of amides is 1. The third-order valence-corrected chi connectivity index (χ3v) is 12.9. The zero-order valence-electron chi connectivity index (χ0n) is 27.9. The molecule has 5 fully saturated rings. The molecule has 1 saturated heterocycles. The normalized spacial score (nSPS) is 45.5. The van der Waals surface area contributed by atoms with Gasteiger partial charge in [0.05, 0.1) is 30.7 Å². The zero-order chi connectivity index (χ0) is 32.1. The van der Waals surface area contributed by atoms with Gasteiger partial charge in [-0.15, -0.1) is 0 Å². The van der Waals surface area contributed by atoms with Gasteiger partial charge in [0.1, 0.15) is 24.4 Å². The Bertz CT molecular complexity index is 1100. The number of carbonyl (C=O) groups excluding carboxylic acids is 3. The Morgan fingerprint density at radius 2 is 1.63 bits per heavy atom. The summed E-state index contributed by atoms with van der Waals surface area (Å²) >= 11 is 0. The Hall–Kier alpha value is 0.170. The topological polar surface area (TPSA) is 209 Å². The number of hydrogen-bond acceptors (Lipinski definition) is 11. The molecule has 1 heterocycles. The second-order valence-electron chi connectivity index (χ2n) is 14.9. The molecule has 0 aromatic rings. The van der Waals surface area contributed by atoms with Crippen molar-refractivity contribution in [2.24, 2.45) is 46.3 Å². The third kappa shape index (κ3) is 7.59. The summed E-state index contributed by atoms with van der Waals surface area (Å²) in [6, 6.07) is 0. The number of carboxylic acids is 2. The maximum Gasteiger partial charge on any atom is 1.00 e. The van der Waals surface area contributed by atoms with E-state index >= 15 is 0 Å². The fourth-order valence-electron chi connectivity index (χ4n) is 10.4. The molecule has 12 nitrogen and oxygen atoms in total. The maximum atomic E-state index is 12.1. The van der Waals surface area contributed by atoms with Gasteiger partial charge in [0.2, 0.25) is 5.91 Å². The van der Waals surface area contributed by atoms with Crippen molar-refractivity contribution in [3.63, 3.8) is 0 Å². The predicted octanol–water partition coefficient (Wildman–Crippen LogP) is -7.15. The zero-order valence-corrected chi connectivity index (χ0v) is 31.9. The molecule has 5 N–H and O–H groups in total. The molecule has 1 aliphatic heterocycles. The molecule has 4 saturated carbocycles. The Morgan fingerprint density at radius 1 is 0.935 bits per heavy atom. The summed E-state index contributed by atoms with van der Waals surface area (Å²) in [5.74, 6) is -1.31. The quantitative estimate of drug-likeness (QED) is 0.115. The summed E-state index contributed by atoms with van der Waals surface area (Å²) in [4.78, 5) is 34.2. The van der Waals surface area contributed by atoms with E-state index in [-0.39, 0.29) is 100 Å². The molecular formula is C32H49NNa2O11. The smallest absolute Gasteiger partial charge is 0.548 e. The van der Waals surface area contributed by atoms with Crippen LogP contribution in [0.25, 0.3) is 0 Å². The molecule has 1 unspecified atom stereocenters. The van der Waals surface area contributed by atoms with Crippen LogP contribution in [0.4, 0.5) is 0 Å². The first-order valence-electron chi connectivity index (χ1n) is 16.4. The molecule has 46 heavy (non-hydrogen) atoms. The minimum atomic E-state index is -1.82. The molecule has 0 bridgehead atoms. The molecule has 0 aromatic heterocycles. The molecule has 14 heteroatoms. The average Bonchev–Trinajstić information content (AvgIpc) is 3.34. The van der Waals surface area contributed by atoms with Crippen LogP contribution < -0.4 is 74.6 Å². The monoisotopic (exact) mass is 669 g/mol. The fraction of sp³-hybridized carbons (Fsp3) is 0.906. The number of nitrogens with one attached hydrogen (secondary N) is 1. The Morgan fingerprint density at radius 3 is 2.28 bits per heavy atom. The van der Waals surface area contributed by atoms with E-state index in [0.717, 1.165) is 32.1 Å². The van der Waals surface area contributed by atoms with Gasteiger partial charge in [0.15, 0.2) is 6.29 Å². The maximum absolute atomic E-state index is 12.1. The van der Waals surface area contributed by atoms with Crippen LogP contribution in [0.1, 0.15) is 85.0 Å². The van der Waals surface area contributed by atoms with E-state index in [1.165, 1.54) is 0 Å². The first kappa shape index (κ1) is 40.6. The molecule has 0 aromatic carbocycles. The largest absolute Gasteiger partial charge is 1.00 e. The van der Waals surface area contributed by atoms with E-state index < -0.39 is 55.3 Å². The number of aliphatic hydroxyl groups excluding tert-OH is 4. The first-order chi connectivity index (χ1) is 20.7. The van der Waals surface area contributed by atoms with Gasteiger partial charge < -0.3 is 55.0 Å². The summed E-state index contributed by atoms with van der Waals surface area (Å²) in [6.07, 6.45) is -1.26. The molecule has 15 atom stereocenters. The SMILES string of the molecule is C[C@H](CCC(=O)NCC(=O)[O-])[C@H]1CC[C@H]2[C@@H]3CC[C@@H]4C[C@H](O[C@@H]5O[C@H](C(=O)[O-])[C@@H](O)C(O)[C@H]5O)CC[C@]4(C)[C@H]3C[C@H](O)[C@]12C.[Na+].[Na+].